The number of aliphatic imine (C=N–C) groups is 1. The van der Waals surface area contributed by atoms with E-state index in [9.17, 15) is 4.79 Å². The van der Waals surface area contributed by atoms with Gasteiger partial charge in [0.2, 0.25) is 5.89 Å². The normalized spacial score (nSPS) is 12.0. The monoisotopic (exact) mass is 340 g/mol. The maximum absolute atomic E-state index is 11.5. The minimum absolute atomic E-state index is 0.336. The molecule has 0 saturated heterocycles. The molecule has 136 valence electrons. The van der Waals surface area contributed by atoms with Crippen LogP contribution >= 0.6 is 0 Å². The Hall–Kier alpha value is -2.32. The molecule has 0 spiro atoms. The SMILES string of the molecule is CCNC(=NCc1noc(C)n1)NCCCNC(=O)OC(C)(C)C. The summed E-state index contributed by atoms with van der Waals surface area (Å²) in [6.45, 7) is 11.5. The number of aryl methyl sites for hydroxylation is 1. The van der Waals surface area contributed by atoms with Gasteiger partial charge < -0.3 is 25.2 Å². The Balaban J connectivity index is 2.27. The van der Waals surface area contributed by atoms with E-state index < -0.39 is 11.7 Å². The highest BCUT2D eigenvalue weighted by Gasteiger charge is 2.15. The molecule has 1 rings (SSSR count). The maximum Gasteiger partial charge on any atom is 0.407 e. The van der Waals surface area contributed by atoms with Crippen molar-refractivity contribution in [2.75, 3.05) is 19.6 Å². The molecule has 0 atom stereocenters. The predicted octanol–water partition coefficient (Wildman–Crippen LogP) is 1.35. The predicted molar refractivity (Wildman–Crippen MR) is 90.7 cm³/mol. The minimum Gasteiger partial charge on any atom is -0.444 e. The van der Waals surface area contributed by atoms with Crippen LogP contribution in [0.15, 0.2) is 9.52 Å². The van der Waals surface area contributed by atoms with E-state index >= 15 is 0 Å². The van der Waals surface area contributed by atoms with Crippen LogP contribution in [0.25, 0.3) is 0 Å². The van der Waals surface area contributed by atoms with Gasteiger partial charge in [-0.25, -0.2) is 9.79 Å². The fraction of sp³-hybridized carbons (Fsp3) is 0.733. The Morgan fingerprint density at radius 3 is 2.54 bits per heavy atom. The quantitative estimate of drug-likeness (QED) is 0.390. The van der Waals surface area contributed by atoms with E-state index in [0.29, 0.717) is 37.3 Å². The van der Waals surface area contributed by atoms with E-state index in [4.69, 9.17) is 9.26 Å². The van der Waals surface area contributed by atoms with Crippen LogP contribution in [-0.2, 0) is 11.3 Å². The summed E-state index contributed by atoms with van der Waals surface area (Å²) in [5, 5.41) is 12.8. The molecule has 0 bridgehead atoms. The second-order valence-electron chi connectivity index (χ2n) is 6.13. The van der Waals surface area contributed by atoms with Crippen LogP contribution in [0.1, 0.15) is 45.8 Å². The molecule has 0 aliphatic carbocycles. The number of aromatic nitrogens is 2. The van der Waals surface area contributed by atoms with Crippen molar-refractivity contribution in [3.63, 3.8) is 0 Å². The Morgan fingerprint density at radius 2 is 1.96 bits per heavy atom. The highest BCUT2D eigenvalue weighted by atomic mass is 16.6. The Kier molecular flexibility index (Phi) is 8.00. The zero-order valence-electron chi connectivity index (χ0n) is 15.1. The largest absolute Gasteiger partial charge is 0.444 e. The smallest absolute Gasteiger partial charge is 0.407 e. The molecule has 1 aromatic heterocycles. The van der Waals surface area contributed by atoms with E-state index in [2.05, 4.69) is 31.1 Å². The molecule has 1 amide bonds. The maximum atomic E-state index is 11.5. The number of amides is 1. The third-order valence-corrected chi connectivity index (χ3v) is 2.61. The number of carbonyl (C=O) groups excluding carboxylic acids is 1. The molecule has 1 aromatic rings. The molecule has 0 saturated carbocycles. The molecule has 24 heavy (non-hydrogen) atoms. The van der Waals surface area contributed by atoms with Gasteiger partial charge in [-0.2, -0.15) is 4.98 Å². The van der Waals surface area contributed by atoms with E-state index in [0.717, 1.165) is 13.0 Å². The average Bonchev–Trinajstić information content (AvgIpc) is 2.88. The number of nitrogens with zero attached hydrogens (tertiary/aromatic N) is 3. The van der Waals surface area contributed by atoms with Gasteiger partial charge in [-0.1, -0.05) is 5.16 Å². The minimum atomic E-state index is -0.485. The number of alkyl carbamates (subject to hydrolysis) is 1. The second-order valence-corrected chi connectivity index (χ2v) is 6.13. The van der Waals surface area contributed by atoms with Gasteiger partial charge in [0.1, 0.15) is 12.1 Å². The molecule has 0 aliphatic heterocycles. The van der Waals surface area contributed by atoms with Gasteiger partial charge >= 0.3 is 6.09 Å². The van der Waals surface area contributed by atoms with Crippen LogP contribution in [0.2, 0.25) is 0 Å². The Bertz CT molecular complexity index is 536. The first-order chi connectivity index (χ1) is 11.3. The number of guanidine groups is 1. The van der Waals surface area contributed by atoms with Gasteiger partial charge in [-0.05, 0) is 34.1 Å². The van der Waals surface area contributed by atoms with E-state index in [1.165, 1.54) is 0 Å². The first-order valence-electron chi connectivity index (χ1n) is 8.08. The first-order valence-corrected chi connectivity index (χ1v) is 8.08. The number of rotatable bonds is 7. The summed E-state index contributed by atoms with van der Waals surface area (Å²) in [6.07, 6.45) is 0.334. The van der Waals surface area contributed by atoms with Crippen molar-refractivity contribution < 1.29 is 14.1 Å². The van der Waals surface area contributed by atoms with Crippen molar-refractivity contribution in [2.24, 2.45) is 4.99 Å². The molecule has 0 radical (unpaired) electrons. The van der Waals surface area contributed by atoms with E-state index in [1.807, 2.05) is 27.7 Å². The molecule has 9 heteroatoms. The standard InChI is InChI=1S/C15H28N6O3/c1-6-16-13(19-10-12-20-11(2)24-21-12)17-8-7-9-18-14(22)23-15(3,4)5/h6-10H2,1-5H3,(H,18,22)(H2,16,17,19). The van der Waals surface area contributed by atoms with Crippen molar-refractivity contribution in [3.05, 3.63) is 11.7 Å². The lowest BCUT2D eigenvalue weighted by atomic mass is 10.2. The number of hydrogen-bond acceptors (Lipinski definition) is 6. The van der Waals surface area contributed by atoms with Gasteiger partial charge in [0.15, 0.2) is 11.8 Å². The van der Waals surface area contributed by atoms with Crippen LogP contribution in [0.5, 0.6) is 0 Å². The average molecular weight is 340 g/mol. The Morgan fingerprint density at radius 1 is 1.25 bits per heavy atom. The van der Waals surface area contributed by atoms with Crippen LogP contribution in [0, 0.1) is 6.92 Å². The van der Waals surface area contributed by atoms with E-state index in [-0.39, 0.29) is 0 Å². The fourth-order valence-electron chi connectivity index (χ4n) is 1.70. The first kappa shape index (κ1) is 19.7. The van der Waals surface area contributed by atoms with Crippen molar-refractivity contribution in [3.8, 4) is 0 Å². The molecule has 0 unspecified atom stereocenters. The summed E-state index contributed by atoms with van der Waals surface area (Å²) in [7, 11) is 0. The van der Waals surface area contributed by atoms with Gasteiger partial charge in [0.25, 0.3) is 0 Å². The third kappa shape index (κ3) is 8.96. The summed E-state index contributed by atoms with van der Waals surface area (Å²) < 4.78 is 10.1. The van der Waals surface area contributed by atoms with E-state index in [1.54, 1.807) is 6.92 Å². The Labute approximate surface area is 142 Å². The number of nitrogens with one attached hydrogen (secondary N) is 3. The van der Waals surface area contributed by atoms with Gasteiger partial charge in [-0.15, -0.1) is 0 Å². The highest BCUT2D eigenvalue weighted by molar-refractivity contribution is 5.79. The zero-order chi connectivity index (χ0) is 18.0. The molecular weight excluding hydrogens is 312 g/mol. The fourth-order valence-corrected chi connectivity index (χ4v) is 1.70. The van der Waals surface area contributed by atoms with Crippen LogP contribution in [-0.4, -0.2) is 47.4 Å². The van der Waals surface area contributed by atoms with Crippen molar-refractivity contribution in [2.45, 2.75) is 53.2 Å². The molecule has 0 aromatic carbocycles. The molecule has 1 heterocycles. The lowest BCUT2D eigenvalue weighted by molar-refractivity contribution is 0.0527. The summed E-state index contributed by atoms with van der Waals surface area (Å²) in [4.78, 5) is 20.0. The molecule has 9 nitrogen and oxygen atoms in total. The van der Waals surface area contributed by atoms with Crippen molar-refractivity contribution >= 4 is 12.1 Å². The number of ether oxygens (including phenoxy) is 1. The van der Waals surface area contributed by atoms with Crippen LogP contribution in [0.3, 0.4) is 0 Å². The molecule has 0 aliphatic rings. The summed E-state index contributed by atoms with van der Waals surface area (Å²) in [6, 6.07) is 0. The van der Waals surface area contributed by atoms with Crippen molar-refractivity contribution in [1.29, 1.82) is 0 Å². The van der Waals surface area contributed by atoms with Gasteiger partial charge in [-0.3, -0.25) is 0 Å². The van der Waals surface area contributed by atoms with Crippen LogP contribution < -0.4 is 16.0 Å². The molecule has 3 N–H and O–H groups in total. The number of carbonyl (C=O) groups is 1. The zero-order valence-corrected chi connectivity index (χ0v) is 15.1. The third-order valence-electron chi connectivity index (χ3n) is 2.61. The van der Waals surface area contributed by atoms with Gasteiger partial charge in [0, 0.05) is 26.6 Å². The second kappa shape index (κ2) is 9.74. The van der Waals surface area contributed by atoms with Crippen LogP contribution in [0.4, 0.5) is 4.79 Å². The summed E-state index contributed by atoms with van der Waals surface area (Å²) in [5.74, 6) is 1.72. The van der Waals surface area contributed by atoms with Crippen molar-refractivity contribution in [1.82, 2.24) is 26.1 Å². The molecule has 0 fully saturated rings. The summed E-state index contributed by atoms with van der Waals surface area (Å²) in [5.41, 5.74) is -0.485. The lowest BCUT2D eigenvalue weighted by Crippen LogP contribution is -2.39. The summed E-state index contributed by atoms with van der Waals surface area (Å²) >= 11 is 0. The molecular formula is C15H28N6O3. The van der Waals surface area contributed by atoms with Gasteiger partial charge in [0.05, 0.1) is 0 Å². The highest BCUT2D eigenvalue weighted by Crippen LogP contribution is 2.06. The topological polar surface area (TPSA) is 114 Å². The number of hydrogen-bond donors (Lipinski definition) is 3. The lowest BCUT2D eigenvalue weighted by Gasteiger charge is -2.19.